The molecule has 0 aliphatic heterocycles. The van der Waals surface area contributed by atoms with Crippen molar-refractivity contribution in [2.24, 2.45) is 16.5 Å². The second-order valence-electron chi connectivity index (χ2n) is 7.86. The van der Waals surface area contributed by atoms with E-state index >= 15 is 0 Å². The van der Waals surface area contributed by atoms with Gasteiger partial charge in [-0.15, -0.1) is 12.4 Å². The monoisotopic (exact) mass is 515 g/mol. The number of amides is 2. The van der Waals surface area contributed by atoms with Crippen LogP contribution in [0.5, 0.6) is 0 Å². The molecule has 0 heterocycles. The molecular formula is C24H42ClN5O5. The maximum absolute atomic E-state index is 12.6. The topological polar surface area (TPSA) is 150 Å². The predicted molar refractivity (Wildman–Crippen MR) is 139 cm³/mol. The Bertz CT molecular complexity index is 710. The van der Waals surface area contributed by atoms with Crippen LogP contribution in [0.4, 0.5) is 4.79 Å². The summed E-state index contributed by atoms with van der Waals surface area (Å²) in [5.41, 5.74) is 11.7. The Balaban J connectivity index is 0.0000116. The third kappa shape index (κ3) is 16.7. The molecule has 0 radical (unpaired) electrons. The van der Waals surface area contributed by atoms with E-state index in [1.807, 2.05) is 30.3 Å². The maximum Gasteiger partial charge on any atom is 0.407 e. The summed E-state index contributed by atoms with van der Waals surface area (Å²) in [4.78, 5) is 28.5. The lowest BCUT2D eigenvalue weighted by molar-refractivity contribution is -0.165. The largest absolute Gasteiger partial charge is 0.445 e. The zero-order chi connectivity index (χ0) is 25.0. The van der Waals surface area contributed by atoms with Crippen LogP contribution in [0.25, 0.3) is 0 Å². The summed E-state index contributed by atoms with van der Waals surface area (Å²) in [5, 5.41) is 5.39. The Kier molecular flexibility index (Phi) is 19.3. The highest BCUT2D eigenvalue weighted by Crippen LogP contribution is 2.11. The minimum absolute atomic E-state index is 0. The van der Waals surface area contributed by atoms with Crippen LogP contribution >= 0.6 is 12.4 Å². The minimum atomic E-state index is -0.668. The van der Waals surface area contributed by atoms with Crippen LogP contribution in [-0.4, -0.2) is 56.6 Å². The molecule has 1 atom stereocenters. The lowest BCUT2D eigenvalue weighted by Crippen LogP contribution is -2.49. The second-order valence-corrected chi connectivity index (χ2v) is 7.86. The number of benzene rings is 1. The van der Waals surface area contributed by atoms with E-state index < -0.39 is 18.4 Å². The van der Waals surface area contributed by atoms with E-state index in [2.05, 4.69) is 29.5 Å². The van der Waals surface area contributed by atoms with Crippen LogP contribution in [0, 0.1) is 0 Å². The van der Waals surface area contributed by atoms with Crippen molar-refractivity contribution in [3.63, 3.8) is 0 Å². The second kappa shape index (κ2) is 20.8. The first-order chi connectivity index (χ1) is 16.5. The molecule has 0 fully saturated rings. The quantitative estimate of drug-likeness (QED) is 0.101. The number of unbranched alkanes of at least 4 members (excludes halogenated alkanes) is 2. The third-order valence-corrected chi connectivity index (χ3v) is 4.81. The zero-order valence-electron chi connectivity index (χ0n) is 20.9. The van der Waals surface area contributed by atoms with Gasteiger partial charge in [0.15, 0.2) is 12.2 Å². The average Bonchev–Trinajstić information content (AvgIpc) is 2.83. The van der Waals surface area contributed by atoms with Gasteiger partial charge in [-0.25, -0.2) is 4.79 Å². The molecule has 0 aliphatic carbocycles. The molecule has 0 unspecified atom stereocenters. The van der Waals surface area contributed by atoms with Crippen molar-refractivity contribution in [2.75, 3.05) is 26.3 Å². The van der Waals surface area contributed by atoms with E-state index in [-0.39, 0.29) is 37.4 Å². The number of hydrogen-bond donors (Lipinski definition) is 4. The fourth-order valence-corrected chi connectivity index (χ4v) is 2.95. The first-order valence-corrected chi connectivity index (χ1v) is 12.0. The van der Waals surface area contributed by atoms with Crippen LogP contribution in [-0.2, 0) is 25.6 Å². The van der Waals surface area contributed by atoms with Gasteiger partial charge in [0.1, 0.15) is 13.2 Å². The van der Waals surface area contributed by atoms with Gasteiger partial charge in [0.25, 0.3) is 0 Å². The number of alkyl carbamates (subject to hydrolysis) is 1. The standard InChI is InChI=1S/C24H41N5O5.ClH/c1-3-5-15-32-22(33-16-6-4-2)20(13-10-14-27-23(25)26)29-21(30)17-28-24(31)34-18-19-11-8-7-9-12-19;/h7-9,11-12,20,22H,3-6,10,13-18H2,1-2H3,(H,28,31)(H,29,30)(H4,25,26,27);1H/t20-;/m0./s1. The van der Waals surface area contributed by atoms with Gasteiger partial charge in [-0.05, 0) is 31.2 Å². The first-order valence-electron chi connectivity index (χ1n) is 12.0. The van der Waals surface area contributed by atoms with Crippen LogP contribution in [0.15, 0.2) is 35.3 Å². The molecule has 0 saturated carbocycles. The number of carbonyl (C=O) groups excluding carboxylic acids is 2. The van der Waals surface area contributed by atoms with Gasteiger partial charge in [0.2, 0.25) is 5.91 Å². The van der Waals surface area contributed by atoms with Crippen molar-refractivity contribution in [2.45, 2.75) is 71.3 Å². The molecule has 0 aliphatic rings. The number of rotatable bonds is 18. The Morgan fingerprint density at radius 3 is 2.20 bits per heavy atom. The van der Waals surface area contributed by atoms with E-state index in [9.17, 15) is 9.59 Å². The number of carbonyl (C=O) groups is 2. The summed E-state index contributed by atoms with van der Waals surface area (Å²) in [6.45, 7) is 5.53. The van der Waals surface area contributed by atoms with E-state index in [1.54, 1.807) is 0 Å². The highest BCUT2D eigenvalue weighted by molar-refractivity contribution is 5.85. The molecule has 10 nitrogen and oxygen atoms in total. The zero-order valence-corrected chi connectivity index (χ0v) is 21.7. The molecule has 0 aromatic heterocycles. The summed E-state index contributed by atoms with van der Waals surface area (Å²) >= 11 is 0. The normalized spacial score (nSPS) is 11.3. The number of nitrogens with two attached hydrogens (primary N) is 2. The van der Waals surface area contributed by atoms with E-state index in [1.165, 1.54) is 0 Å². The van der Waals surface area contributed by atoms with Gasteiger partial charge in [-0.1, -0.05) is 57.0 Å². The van der Waals surface area contributed by atoms with Crippen molar-refractivity contribution in [3.05, 3.63) is 35.9 Å². The third-order valence-electron chi connectivity index (χ3n) is 4.81. The van der Waals surface area contributed by atoms with Gasteiger partial charge < -0.3 is 36.3 Å². The number of guanidine groups is 1. The smallest absolute Gasteiger partial charge is 0.407 e. The van der Waals surface area contributed by atoms with Crippen molar-refractivity contribution >= 4 is 30.4 Å². The van der Waals surface area contributed by atoms with Gasteiger partial charge >= 0.3 is 6.09 Å². The van der Waals surface area contributed by atoms with Gasteiger partial charge in [0.05, 0.1) is 6.04 Å². The highest BCUT2D eigenvalue weighted by atomic mass is 35.5. The molecule has 1 rings (SSSR count). The first kappa shape index (κ1) is 32.4. The van der Waals surface area contributed by atoms with E-state index in [4.69, 9.17) is 25.7 Å². The fourth-order valence-electron chi connectivity index (χ4n) is 2.95. The summed E-state index contributed by atoms with van der Waals surface area (Å²) in [7, 11) is 0. The van der Waals surface area contributed by atoms with E-state index in [0.717, 1.165) is 31.2 Å². The van der Waals surface area contributed by atoms with Crippen molar-refractivity contribution in [1.82, 2.24) is 10.6 Å². The van der Waals surface area contributed by atoms with Gasteiger partial charge in [0, 0.05) is 19.8 Å². The molecule has 2 amide bonds. The van der Waals surface area contributed by atoms with Crippen molar-refractivity contribution < 1.29 is 23.8 Å². The molecular weight excluding hydrogens is 474 g/mol. The fraction of sp³-hybridized carbons (Fsp3) is 0.625. The summed E-state index contributed by atoms with van der Waals surface area (Å²) in [6, 6.07) is 8.89. The average molecular weight is 516 g/mol. The lowest BCUT2D eigenvalue weighted by Gasteiger charge is -2.28. The number of halogens is 1. The van der Waals surface area contributed by atoms with E-state index in [0.29, 0.717) is 32.6 Å². The van der Waals surface area contributed by atoms with Gasteiger partial charge in [-0.2, -0.15) is 0 Å². The SMILES string of the molecule is CCCCOC(OCCCC)[C@H](CCCN=C(N)N)NC(=O)CNC(=O)OCc1ccccc1.Cl. The number of aliphatic imine (C=N–C) groups is 1. The maximum atomic E-state index is 12.6. The van der Waals surface area contributed by atoms with Crippen LogP contribution < -0.4 is 22.1 Å². The molecule has 200 valence electrons. The Morgan fingerprint density at radius 1 is 1.00 bits per heavy atom. The molecule has 0 saturated heterocycles. The molecule has 35 heavy (non-hydrogen) atoms. The van der Waals surface area contributed by atoms with Crippen LogP contribution in [0.1, 0.15) is 57.9 Å². The molecule has 11 heteroatoms. The molecule has 0 bridgehead atoms. The molecule has 0 spiro atoms. The van der Waals surface area contributed by atoms with Crippen molar-refractivity contribution in [3.8, 4) is 0 Å². The Labute approximate surface area is 214 Å². The number of hydrogen-bond acceptors (Lipinski definition) is 6. The number of nitrogens with one attached hydrogen (secondary N) is 2. The predicted octanol–water partition coefficient (Wildman–Crippen LogP) is 2.83. The number of nitrogens with zero attached hydrogens (tertiary/aromatic N) is 1. The van der Waals surface area contributed by atoms with Crippen LogP contribution in [0.3, 0.4) is 0 Å². The summed E-state index contributed by atoms with van der Waals surface area (Å²) in [6.07, 6.45) is 3.64. The number of ether oxygens (including phenoxy) is 3. The molecule has 6 N–H and O–H groups in total. The minimum Gasteiger partial charge on any atom is -0.445 e. The molecule has 1 aromatic rings. The lowest BCUT2D eigenvalue weighted by atomic mass is 10.1. The highest BCUT2D eigenvalue weighted by Gasteiger charge is 2.25. The summed E-state index contributed by atoms with van der Waals surface area (Å²) < 4.78 is 17.0. The Morgan fingerprint density at radius 2 is 1.63 bits per heavy atom. The summed E-state index contributed by atoms with van der Waals surface area (Å²) in [5.74, 6) is -0.347. The van der Waals surface area contributed by atoms with Crippen LogP contribution in [0.2, 0.25) is 0 Å². The Hall–Kier alpha value is -2.56. The van der Waals surface area contributed by atoms with Gasteiger partial charge in [-0.3, -0.25) is 9.79 Å². The van der Waals surface area contributed by atoms with Crippen molar-refractivity contribution in [1.29, 1.82) is 0 Å². The molecule has 1 aromatic carbocycles.